The number of aromatic nitrogens is 2. The van der Waals surface area contributed by atoms with Crippen molar-refractivity contribution >= 4 is 33.6 Å². The molecule has 0 aliphatic carbocycles. The van der Waals surface area contributed by atoms with E-state index >= 15 is 0 Å². The highest BCUT2D eigenvalue weighted by atomic mass is 32.2. The average molecular weight is 363 g/mol. The van der Waals surface area contributed by atoms with E-state index in [1.807, 2.05) is 18.5 Å². The van der Waals surface area contributed by atoms with Crippen LogP contribution in [-0.4, -0.2) is 22.6 Å². The molecule has 4 aromatic rings. The molecule has 26 heavy (non-hydrogen) atoms. The highest BCUT2D eigenvalue weighted by Crippen LogP contribution is 2.21. The second-order valence-corrected chi connectivity index (χ2v) is 7.41. The van der Waals surface area contributed by atoms with Gasteiger partial charge in [-0.05, 0) is 54.1 Å². The van der Waals surface area contributed by atoms with Crippen LogP contribution in [-0.2, 0) is 6.54 Å². The Morgan fingerprint density at radius 3 is 3.00 bits per heavy atom. The Morgan fingerprint density at radius 1 is 1.12 bits per heavy atom. The lowest BCUT2D eigenvalue weighted by atomic mass is 10.2. The molecule has 0 fully saturated rings. The molecule has 0 aliphatic rings. The number of aromatic amines is 1. The summed E-state index contributed by atoms with van der Waals surface area (Å²) in [5.41, 5.74) is 2.50. The maximum absolute atomic E-state index is 4.16. The van der Waals surface area contributed by atoms with Crippen molar-refractivity contribution in [2.45, 2.75) is 24.4 Å². The van der Waals surface area contributed by atoms with Crippen LogP contribution in [0.1, 0.15) is 12.5 Å². The Kier molecular flexibility index (Phi) is 5.20. The minimum atomic E-state index is 0.360. The molecule has 0 spiro atoms. The number of rotatable bonds is 7. The normalized spacial score (nSPS) is 12.7. The van der Waals surface area contributed by atoms with E-state index in [2.05, 4.69) is 75.6 Å². The zero-order chi connectivity index (χ0) is 17.8. The Labute approximate surface area is 157 Å². The van der Waals surface area contributed by atoms with E-state index in [0.29, 0.717) is 6.04 Å². The van der Waals surface area contributed by atoms with E-state index in [4.69, 9.17) is 0 Å². The van der Waals surface area contributed by atoms with Gasteiger partial charge in [0, 0.05) is 58.9 Å². The fourth-order valence-electron chi connectivity index (χ4n) is 3.04. The number of pyridine rings is 1. The predicted molar refractivity (Wildman–Crippen MR) is 110 cm³/mol. The number of hydrogen-bond donors (Lipinski definition) is 3. The number of nitrogens with zero attached hydrogens (tertiary/aromatic N) is 1. The molecule has 3 N–H and O–H groups in total. The first-order valence-corrected chi connectivity index (χ1v) is 9.63. The van der Waals surface area contributed by atoms with Crippen molar-refractivity contribution in [1.82, 2.24) is 20.0 Å². The first-order chi connectivity index (χ1) is 12.8. The number of hydrogen-bond acceptors (Lipinski definition) is 4. The maximum Gasteiger partial charge on any atom is 0.0457 e. The molecule has 2 aromatic carbocycles. The standard InChI is InChI=1S/C21H22N4S/c1-15(11-23-13-18-14-24-21-5-3-2-4-20(18)21)25-26-19-7-6-17-12-22-9-8-16(17)10-19/h2-10,12,14-15,23-25H,11,13H2,1H3/t15-/m1/s1. The quantitative estimate of drug-likeness (QED) is 0.424. The third kappa shape index (κ3) is 3.90. The molecule has 1 atom stereocenters. The average Bonchev–Trinajstić information content (AvgIpc) is 3.09. The maximum atomic E-state index is 4.16. The molecule has 0 unspecified atom stereocenters. The zero-order valence-corrected chi connectivity index (χ0v) is 15.5. The van der Waals surface area contributed by atoms with Gasteiger partial charge in [0.1, 0.15) is 0 Å². The number of benzene rings is 2. The van der Waals surface area contributed by atoms with Crippen LogP contribution in [0.3, 0.4) is 0 Å². The minimum absolute atomic E-state index is 0.360. The Hall–Kier alpha value is -2.34. The van der Waals surface area contributed by atoms with Crippen molar-refractivity contribution in [1.29, 1.82) is 0 Å². The number of fused-ring (bicyclic) bond motifs is 2. The fourth-order valence-corrected chi connectivity index (χ4v) is 3.78. The van der Waals surface area contributed by atoms with Crippen LogP contribution in [0.5, 0.6) is 0 Å². The van der Waals surface area contributed by atoms with Crippen molar-refractivity contribution < 1.29 is 0 Å². The summed E-state index contributed by atoms with van der Waals surface area (Å²) in [5, 5.41) is 7.22. The van der Waals surface area contributed by atoms with Crippen LogP contribution in [0.25, 0.3) is 21.7 Å². The highest BCUT2D eigenvalue weighted by molar-refractivity contribution is 7.97. The minimum Gasteiger partial charge on any atom is -0.361 e. The van der Waals surface area contributed by atoms with Gasteiger partial charge in [0.25, 0.3) is 0 Å². The van der Waals surface area contributed by atoms with Gasteiger partial charge in [-0.15, -0.1) is 0 Å². The molecule has 5 heteroatoms. The molecule has 4 rings (SSSR count). The Bertz CT molecular complexity index is 1010. The summed E-state index contributed by atoms with van der Waals surface area (Å²) < 4.78 is 3.51. The largest absolute Gasteiger partial charge is 0.361 e. The molecule has 2 aromatic heterocycles. The van der Waals surface area contributed by atoms with Gasteiger partial charge in [-0.25, -0.2) is 0 Å². The van der Waals surface area contributed by atoms with Crippen molar-refractivity contribution in [2.75, 3.05) is 6.54 Å². The Balaban J connectivity index is 1.27. The van der Waals surface area contributed by atoms with Gasteiger partial charge in [0.05, 0.1) is 0 Å². The van der Waals surface area contributed by atoms with Crippen molar-refractivity contribution in [3.8, 4) is 0 Å². The second kappa shape index (κ2) is 7.91. The van der Waals surface area contributed by atoms with Gasteiger partial charge in [0.2, 0.25) is 0 Å². The van der Waals surface area contributed by atoms with Crippen LogP contribution in [0.2, 0.25) is 0 Å². The molecule has 0 saturated carbocycles. The van der Waals surface area contributed by atoms with Crippen molar-refractivity contribution in [3.63, 3.8) is 0 Å². The van der Waals surface area contributed by atoms with Crippen LogP contribution < -0.4 is 10.0 Å². The van der Waals surface area contributed by atoms with Gasteiger partial charge in [-0.3, -0.25) is 9.71 Å². The number of nitrogens with one attached hydrogen (secondary N) is 3. The molecule has 0 bridgehead atoms. The summed E-state index contributed by atoms with van der Waals surface area (Å²) in [6, 6.07) is 17.3. The second-order valence-electron chi connectivity index (χ2n) is 6.50. The predicted octanol–water partition coefficient (Wildman–Crippen LogP) is 4.49. The van der Waals surface area contributed by atoms with Gasteiger partial charge in [-0.2, -0.15) is 0 Å². The van der Waals surface area contributed by atoms with Crippen molar-refractivity contribution in [2.24, 2.45) is 0 Å². The van der Waals surface area contributed by atoms with Crippen LogP contribution in [0.4, 0.5) is 0 Å². The SMILES string of the molecule is C[C@H](CNCc1c[nH]c2ccccc12)NSc1ccc2cnccc2c1. The van der Waals surface area contributed by atoms with Gasteiger partial charge >= 0.3 is 0 Å². The third-order valence-corrected chi connectivity index (χ3v) is 5.44. The lowest BCUT2D eigenvalue weighted by molar-refractivity contribution is 0.586. The molecule has 2 heterocycles. The lowest BCUT2D eigenvalue weighted by Gasteiger charge is -2.14. The summed E-state index contributed by atoms with van der Waals surface area (Å²) in [6.07, 6.45) is 5.82. The molecule has 0 aliphatic heterocycles. The molecule has 4 nitrogen and oxygen atoms in total. The first-order valence-electron chi connectivity index (χ1n) is 8.81. The molecule has 132 valence electrons. The van der Waals surface area contributed by atoms with Crippen LogP contribution >= 0.6 is 11.9 Å². The summed E-state index contributed by atoms with van der Waals surface area (Å²) in [5.74, 6) is 0. The lowest BCUT2D eigenvalue weighted by Crippen LogP contribution is -2.32. The number of para-hydroxylation sites is 1. The summed E-state index contributed by atoms with van der Waals surface area (Å²) in [6.45, 7) is 3.97. The van der Waals surface area contributed by atoms with E-state index < -0.39 is 0 Å². The summed E-state index contributed by atoms with van der Waals surface area (Å²) >= 11 is 1.68. The van der Waals surface area contributed by atoms with E-state index in [9.17, 15) is 0 Å². The molecule has 0 amide bonds. The smallest absolute Gasteiger partial charge is 0.0457 e. The first kappa shape index (κ1) is 17.1. The van der Waals surface area contributed by atoms with E-state index in [-0.39, 0.29) is 0 Å². The van der Waals surface area contributed by atoms with E-state index in [1.165, 1.54) is 32.1 Å². The van der Waals surface area contributed by atoms with Crippen molar-refractivity contribution in [3.05, 3.63) is 72.7 Å². The van der Waals surface area contributed by atoms with Gasteiger partial charge < -0.3 is 10.3 Å². The van der Waals surface area contributed by atoms with Crippen LogP contribution in [0.15, 0.2) is 72.0 Å². The summed E-state index contributed by atoms with van der Waals surface area (Å²) in [4.78, 5) is 8.70. The Morgan fingerprint density at radius 2 is 2.04 bits per heavy atom. The molecule has 0 radical (unpaired) electrons. The van der Waals surface area contributed by atoms with E-state index in [0.717, 1.165) is 13.1 Å². The van der Waals surface area contributed by atoms with Gasteiger partial charge in [-0.1, -0.05) is 24.3 Å². The monoisotopic (exact) mass is 362 g/mol. The topological polar surface area (TPSA) is 52.7 Å². The molecule has 0 saturated heterocycles. The van der Waals surface area contributed by atoms with Crippen LogP contribution in [0, 0.1) is 0 Å². The highest BCUT2D eigenvalue weighted by Gasteiger charge is 2.05. The fraction of sp³-hybridized carbons (Fsp3) is 0.190. The molecular weight excluding hydrogens is 340 g/mol. The molecular formula is C21H22N4S. The van der Waals surface area contributed by atoms with E-state index in [1.54, 1.807) is 11.9 Å². The zero-order valence-electron chi connectivity index (χ0n) is 14.7. The number of H-pyrrole nitrogens is 1. The summed E-state index contributed by atoms with van der Waals surface area (Å²) in [7, 11) is 0. The third-order valence-electron chi connectivity index (χ3n) is 4.43. The van der Waals surface area contributed by atoms with Gasteiger partial charge in [0.15, 0.2) is 0 Å².